The number of halogens is 2. The van der Waals surface area contributed by atoms with Crippen LogP contribution in [0.3, 0.4) is 0 Å². The minimum absolute atomic E-state index is 0.0603. The molecule has 10 heteroatoms. The summed E-state index contributed by atoms with van der Waals surface area (Å²) in [5.74, 6) is -0.0497. The number of thioether (sulfide) groups is 1. The molecule has 1 aromatic carbocycles. The van der Waals surface area contributed by atoms with Crippen molar-refractivity contribution in [2.45, 2.75) is 5.16 Å². The first-order chi connectivity index (χ1) is 12.0. The van der Waals surface area contributed by atoms with Crippen LogP contribution >= 0.6 is 23.4 Å². The number of anilines is 2. The van der Waals surface area contributed by atoms with Crippen LogP contribution in [0.2, 0.25) is 5.02 Å². The van der Waals surface area contributed by atoms with Crippen LogP contribution in [-0.2, 0) is 16.6 Å². The SMILES string of the molecule is Cn1c(SCC(=O)Nc2cc(Cl)ccc2F)nnc1N1CCOCC1. The van der Waals surface area contributed by atoms with Crippen molar-refractivity contribution >= 4 is 40.9 Å². The summed E-state index contributed by atoms with van der Waals surface area (Å²) < 4.78 is 20.8. The predicted molar refractivity (Wildman–Crippen MR) is 94.8 cm³/mol. The van der Waals surface area contributed by atoms with E-state index in [0.717, 1.165) is 19.0 Å². The molecule has 0 atom stereocenters. The topological polar surface area (TPSA) is 72.3 Å². The fourth-order valence-electron chi connectivity index (χ4n) is 2.38. The quantitative estimate of drug-likeness (QED) is 0.795. The molecule has 0 radical (unpaired) electrons. The number of amides is 1. The lowest BCUT2D eigenvalue weighted by atomic mass is 10.3. The first-order valence-electron chi connectivity index (χ1n) is 7.64. The van der Waals surface area contributed by atoms with Gasteiger partial charge in [-0.05, 0) is 18.2 Å². The number of hydrogen-bond donors (Lipinski definition) is 1. The van der Waals surface area contributed by atoms with E-state index in [1.807, 2.05) is 11.6 Å². The van der Waals surface area contributed by atoms with Crippen LogP contribution in [-0.4, -0.2) is 52.7 Å². The molecular formula is C15H17ClFN5O2S. The zero-order chi connectivity index (χ0) is 17.8. The standard InChI is InChI=1S/C15H17ClFN5O2S/c1-21-14(22-4-6-24-7-5-22)19-20-15(21)25-9-13(23)18-12-8-10(16)2-3-11(12)17/h2-3,8H,4-7,9H2,1H3,(H,18,23). The van der Waals surface area contributed by atoms with E-state index in [1.165, 1.54) is 30.0 Å². The highest BCUT2D eigenvalue weighted by molar-refractivity contribution is 7.99. The smallest absolute Gasteiger partial charge is 0.234 e. The van der Waals surface area contributed by atoms with Crippen LogP contribution in [0.5, 0.6) is 0 Å². The van der Waals surface area contributed by atoms with Gasteiger partial charge in [0.25, 0.3) is 0 Å². The van der Waals surface area contributed by atoms with Crippen molar-refractivity contribution in [1.82, 2.24) is 14.8 Å². The molecule has 1 aliphatic heterocycles. The fourth-order valence-corrected chi connectivity index (χ4v) is 3.26. The van der Waals surface area contributed by atoms with Gasteiger partial charge in [0, 0.05) is 25.2 Å². The summed E-state index contributed by atoms with van der Waals surface area (Å²) >= 11 is 7.05. The number of carbonyl (C=O) groups is 1. The maximum Gasteiger partial charge on any atom is 0.234 e. The summed E-state index contributed by atoms with van der Waals surface area (Å²) in [4.78, 5) is 14.1. The van der Waals surface area contributed by atoms with Crippen molar-refractivity contribution in [3.8, 4) is 0 Å². The summed E-state index contributed by atoms with van der Waals surface area (Å²) in [5.41, 5.74) is 0.0603. The third-order valence-corrected chi connectivity index (χ3v) is 4.90. The number of aromatic nitrogens is 3. The first kappa shape index (κ1) is 18.0. The fraction of sp³-hybridized carbons (Fsp3) is 0.400. The van der Waals surface area contributed by atoms with Gasteiger partial charge < -0.3 is 15.0 Å². The monoisotopic (exact) mass is 385 g/mol. The molecule has 7 nitrogen and oxygen atoms in total. The molecule has 1 aromatic heterocycles. The van der Waals surface area contributed by atoms with E-state index in [2.05, 4.69) is 20.4 Å². The molecule has 0 unspecified atom stereocenters. The van der Waals surface area contributed by atoms with E-state index in [1.54, 1.807) is 0 Å². The van der Waals surface area contributed by atoms with Crippen LogP contribution < -0.4 is 10.2 Å². The minimum atomic E-state index is -0.531. The minimum Gasteiger partial charge on any atom is -0.378 e. The van der Waals surface area contributed by atoms with Crippen molar-refractivity contribution in [3.05, 3.63) is 29.0 Å². The summed E-state index contributed by atoms with van der Waals surface area (Å²) in [6.45, 7) is 2.82. The molecule has 1 aliphatic rings. The van der Waals surface area contributed by atoms with E-state index >= 15 is 0 Å². The van der Waals surface area contributed by atoms with Gasteiger partial charge >= 0.3 is 0 Å². The average molecular weight is 386 g/mol. The molecule has 3 rings (SSSR count). The first-order valence-corrected chi connectivity index (χ1v) is 9.01. The normalized spacial score (nSPS) is 14.6. The van der Waals surface area contributed by atoms with E-state index < -0.39 is 5.82 Å². The molecule has 25 heavy (non-hydrogen) atoms. The zero-order valence-corrected chi connectivity index (χ0v) is 15.1. The Labute approximate surface area is 153 Å². The van der Waals surface area contributed by atoms with Crippen LogP contribution in [0.1, 0.15) is 0 Å². The lowest BCUT2D eigenvalue weighted by molar-refractivity contribution is -0.113. The van der Waals surface area contributed by atoms with E-state index in [-0.39, 0.29) is 17.3 Å². The largest absolute Gasteiger partial charge is 0.378 e. The number of rotatable bonds is 5. The molecule has 0 saturated carbocycles. The lowest BCUT2D eigenvalue weighted by Crippen LogP contribution is -2.37. The molecule has 1 saturated heterocycles. The number of carbonyl (C=O) groups excluding carboxylic acids is 1. The Morgan fingerprint density at radius 3 is 2.92 bits per heavy atom. The predicted octanol–water partition coefficient (Wildman–Crippen LogP) is 2.17. The van der Waals surface area contributed by atoms with Gasteiger partial charge in [0.05, 0.1) is 24.7 Å². The van der Waals surface area contributed by atoms with Gasteiger partial charge in [-0.3, -0.25) is 9.36 Å². The van der Waals surface area contributed by atoms with E-state index in [0.29, 0.717) is 23.4 Å². The van der Waals surface area contributed by atoms with Crippen LogP contribution in [0, 0.1) is 5.82 Å². The van der Waals surface area contributed by atoms with Gasteiger partial charge in [0.1, 0.15) is 5.82 Å². The maximum atomic E-state index is 13.6. The number of ether oxygens (including phenoxy) is 1. The van der Waals surface area contributed by atoms with Crippen LogP contribution in [0.4, 0.5) is 16.0 Å². The molecule has 1 fully saturated rings. The third kappa shape index (κ3) is 4.42. The molecular weight excluding hydrogens is 369 g/mol. The van der Waals surface area contributed by atoms with Gasteiger partial charge in [-0.15, -0.1) is 10.2 Å². The van der Waals surface area contributed by atoms with Gasteiger partial charge in [-0.2, -0.15) is 0 Å². The molecule has 0 bridgehead atoms. The highest BCUT2D eigenvalue weighted by Crippen LogP contribution is 2.23. The molecule has 0 spiro atoms. The Hall–Kier alpha value is -1.84. The maximum absolute atomic E-state index is 13.6. The highest BCUT2D eigenvalue weighted by atomic mass is 35.5. The van der Waals surface area contributed by atoms with Gasteiger partial charge in [-0.1, -0.05) is 23.4 Å². The van der Waals surface area contributed by atoms with E-state index in [4.69, 9.17) is 16.3 Å². The Bertz CT molecular complexity index is 766. The second-order valence-corrected chi connectivity index (χ2v) is 6.78. The Kier molecular flexibility index (Phi) is 5.77. The summed E-state index contributed by atoms with van der Waals surface area (Å²) in [5, 5.41) is 11.8. The molecule has 0 aliphatic carbocycles. The number of nitrogens with zero attached hydrogens (tertiary/aromatic N) is 4. The number of morpholine rings is 1. The number of nitrogens with one attached hydrogen (secondary N) is 1. The zero-order valence-electron chi connectivity index (χ0n) is 13.5. The van der Waals surface area contributed by atoms with Crippen molar-refractivity contribution in [1.29, 1.82) is 0 Å². The second kappa shape index (κ2) is 8.03. The third-order valence-electron chi connectivity index (χ3n) is 3.64. The Morgan fingerprint density at radius 2 is 2.16 bits per heavy atom. The molecule has 1 amide bonds. The van der Waals surface area contributed by atoms with E-state index in [9.17, 15) is 9.18 Å². The van der Waals surface area contributed by atoms with Gasteiger partial charge in [-0.25, -0.2) is 4.39 Å². The van der Waals surface area contributed by atoms with Crippen LogP contribution in [0.25, 0.3) is 0 Å². The summed E-state index contributed by atoms with van der Waals surface area (Å²) in [7, 11) is 1.85. The van der Waals surface area contributed by atoms with Gasteiger partial charge in [0.2, 0.25) is 11.9 Å². The molecule has 1 N–H and O–H groups in total. The molecule has 2 heterocycles. The highest BCUT2D eigenvalue weighted by Gasteiger charge is 2.19. The number of benzene rings is 1. The van der Waals surface area contributed by atoms with Crippen molar-refractivity contribution in [3.63, 3.8) is 0 Å². The molecule has 2 aromatic rings. The summed E-state index contributed by atoms with van der Waals surface area (Å²) in [6, 6.07) is 4.01. The van der Waals surface area contributed by atoms with Gasteiger partial charge in [0.15, 0.2) is 5.16 Å². The van der Waals surface area contributed by atoms with Crippen LogP contribution in [0.15, 0.2) is 23.4 Å². The molecule has 134 valence electrons. The summed E-state index contributed by atoms with van der Waals surface area (Å²) in [6.07, 6.45) is 0. The Balaban J connectivity index is 1.59. The van der Waals surface area contributed by atoms with Crippen molar-refractivity contribution in [2.75, 3.05) is 42.3 Å². The van der Waals surface area contributed by atoms with Crippen molar-refractivity contribution < 1.29 is 13.9 Å². The Morgan fingerprint density at radius 1 is 1.40 bits per heavy atom. The number of hydrogen-bond acceptors (Lipinski definition) is 6. The average Bonchev–Trinajstić information content (AvgIpc) is 2.98. The van der Waals surface area contributed by atoms with Crippen molar-refractivity contribution in [2.24, 2.45) is 7.05 Å². The lowest BCUT2D eigenvalue weighted by Gasteiger charge is -2.27. The second-order valence-electron chi connectivity index (χ2n) is 5.40.